The van der Waals surface area contributed by atoms with Gasteiger partial charge in [0.15, 0.2) is 0 Å². The van der Waals surface area contributed by atoms with Crippen molar-refractivity contribution in [3.8, 4) is 5.75 Å². The van der Waals surface area contributed by atoms with E-state index >= 15 is 0 Å². The first-order valence-corrected chi connectivity index (χ1v) is 6.58. The van der Waals surface area contributed by atoms with Gasteiger partial charge in [-0.2, -0.15) is 0 Å². The molecule has 1 heterocycles. The van der Waals surface area contributed by atoms with E-state index in [1.54, 1.807) is 0 Å². The Morgan fingerprint density at radius 2 is 2.12 bits per heavy atom. The van der Waals surface area contributed by atoms with Gasteiger partial charge in [-0.25, -0.2) is 0 Å². The number of hydrogen-bond acceptors (Lipinski definition) is 2. The summed E-state index contributed by atoms with van der Waals surface area (Å²) in [5.74, 6) is 1.66. The molecule has 1 aliphatic rings. The molecule has 0 saturated carbocycles. The molecule has 1 aromatic rings. The van der Waals surface area contributed by atoms with Gasteiger partial charge >= 0.3 is 0 Å². The van der Waals surface area contributed by atoms with Crippen molar-refractivity contribution in [1.82, 2.24) is 4.90 Å². The number of hydrogen-bond donors (Lipinski definition) is 0. The highest BCUT2D eigenvalue weighted by molar-refractivity contribution is 6.18. The van der Waals surface area contributed by atoms with Crippen LogP contribution in [0.1, 0.15) is 19.4 Å². The lowest BCUT2D eigenvalue weighted by Crippen LogP contribution is -2.47. The number of alkyl halides is 1. The molecule has 94 valence electrons. The summed E-state index contributed by atoms with van der Waals surface area (Å²) in [6.45, 7) is 5.22. The number of para-hydroxylation sites is 1. The molecular weight excluding hydrogens is 234 g/mol. The second-order valence-corrected chi connectivity index (χ2v) is 5.65. The number of likely N-dealkylation sites (N-methyl/N-ethyl adjacent to an activating group) is 1. The summed E-state index contributed by atoms with van der Waals surface area (Å²) in [6, 6.07) is 8.27. The molecule has 1 unspecified atom stereocenters. The fourth-order valence-electron chi connectivity index (χ4n) is 2.01. The van der Waals surface area contributed by atoms with Crippen LogP contribution in [0.15, 0.2) is 24.3 Å². The molecule has 0 bridgehead atoms. The largest absolute Gasteiger partial charge is 0.488 e. The van der Waals surface area contributed by atoms with Crippen molar-refractivity contribution in [2.24, 2.45) is 0 Å². The molecule has 0 saturated heterocycles. The Kier molecular flexibility index (Phi) is 3.64. The fourth-order valence-corrected chi connectivity index (χ4v) is 2.21. The highest BCUT2D eigenvalue weighted by Crippen LogP contribution is 2.29. The molecule has 3 heteroatoms. The van der Waals surface area contributed by atoms with E-state index < -0.39 is 0 Å². The number of nitrogens with zero attached hydrogens (tertiary/aromatic N) is 1. The first-order valence-electron chi connectivity index (χ1n) is 6.05. The molecule has 1 aliphatic heterocycles. The molecular formula is C14H20ClNO. The highest BCUT2D eigenvalue weighted by Gasteiger charge is 2.29. The van der Waals surface area contributed by atoms with E-state index in [4.69, 9.17) is 16.3 Å². The molecule has 1 atom stereocenters. The highest BCUT2D eigenvalue weighted by atomic mass is 35.5. The summed E-state index contributed by atoms with van der Waals surface area (Å²) in [7, 11) is 2.11. The summed E-state index contributed by atoms with van der Waals surface area (Å²) in [4.78, 5) is 2.27. The molecule has 2 rings (SSSR count). The molecule has 0 spiro atoms. The predicted molar refractivity (Wildman–Crippen MR) is 72.0 cm³/mol. The average molecular weight is 254 g/mol. The Balaban J connectivity index is 1.96. The van der Waals surface area contributed by atoms with Gasteiger partial charge in [0.2, 0.25) is 0 Å². The molecule has 0 amide bonds. The van der Waals surface area contributed by atoms with Crippen molar-refractivity contribution in [2.45, 2.75) is 31.9 Å². The van der Waals surface area contributed by atoms with E-state index in [-0.39, 0.29) is 11.6 Å². The average Bonchev–Trinajstić information content (AvgIpc) is 2.70. The maximum Gasteiger partial charge on any atom is 0.123 e. The van der Waals surface area contributed by atoms with E-state index in [1.807, 2.05) is 12.1 Å². The van der Waals surface area contributed by atoms with E-state index in [2.05, 4.69) is 37.9 Å². The molecule has 0 aromatic heterocycles. The van der Waals surface area contributed by atoms with Crippen molar-refractivity contribution >= 4 is 11.6 Å². The molecule has 1 aromatic carbocycles. The Bertz CT molecular complexity index is 367. The van der Waals surface area contributed by atoms with Gasteiger partial charge in [0.05, 0.1) is 0 Å². The Labute approximate surface area is 109 Å². The Morgan fingerprint density at radius 3 is 2.76 bits per heavy atom. The SMILES string of the molecule is CN(CC1Cc2ccccc2O1)C(C)(C)CCl. The molecule has 0 radical (unpaired) electrons. The second kappa shape index (κ2) is 4.87. The van der Waals surface area contributed by atoms with E-state index in [9.17, 15) is 0 Å². The van der Waals surface area contributed by atoms with Crippen LogP contribution in [-0.4, -0.2) is 36.0 Å². The van der Waals surface area contributed by atoms with Crippen LogP contribution in [0.4, 0.5) is 0 Å². The summed E-state index contributed by atoms with van der Waals surface area (Å²) in [6.07, 6.45) is 1.25. The summed E-state index contributed by atoms with van der Waals surface area (Å²) >= 11 is 5.98. The van der Waals surface area contributed by atoms with Crippen molar-refractivity contribution in [2.75, 3.05) is 19.5 Å². The maximum atomic E-state index is 5.98. The van der Waals surface area contributed by atoms with Crippen LogP contribution in [0.5, 0.6) is 5.75 Å². The molecule has 2 nitrogen and oxygen atoms in total. The smallest absolute Gasteiger partial charge is 0.123 e. The van der Waals surface area contributed by atoms with Gasteiger partial charge in [-0.3, -0.25) is 4.90 Å². The van der Waals surface area contributed by atoms with E-state index in [0.29, 0.717) is 5.88 Å². The lowest BCUT2D eigenvalue weighted by atomic mass is 10.0. The molecule has 17 heavy (non-hydrogen) atoms. The Hall–Kier alpha value is -0.730. The lowest BCUT2D eigenvalue weighted by Gasteiger charge is -2.35. The summed E-state index contributed by atoms with van der Waals surface area (Å²) < 4.78 is 5.93. The van der Waals surface area contributed by atoms with Crippen molar-refractivity contribution < 1.29 is 4.74 Å². The van der Waals surface area contributed by atoms with Gasteiger partial charge in [-0.15, -0.1) is 11.6 Å². The minimum absolute atomic E-state index is 0.0136. The van der Waals surface area contributed by atoms with Crippen LogP contribution in [0.25, 0.3) is 0 Å². The first-order chi connectivity index (χ1) is 8.03. The predicted octanol–water partition coefficient (Wildman–Crippen LogP) is 2.94. The molecule has 0 aliphatic carbocycles. The van der Waals surface area contributed by atoms with Gasteiger partial charge in [0.1, 0.15) is 11.9 Å². The fraction of sp³-hybridized carbons (Fsp3) is 0.571. The van der Waals surface area contributed by atoms with Crippen molar-refractivity contribution in [3.05, 3.63) is 29.8 Å². The summed E-state index contributed by atoms with van der Waals surface area (Å²) in [5.41, 5.74) is 1.33. The van der Waals surface area contributed by atoms with Crippen LogP contribution in [0, 0.1) is 0 Å². The van der Waals surface area contributed by atoms with E-state index in [0.717, 1.165) is 18.7 Å². The third-order valence-corrected chi connectivity index (χ3v) is 4.21. The van der Waals surface area contributed by atoms with Gasteiger partial charge in [0, 0.05) is 24.4 Å². The number of benzene rings is 1. The van der Waals surface area contributed by atoms with Crippen LogP contribution < -0.4 is 4.74 Å². The van der Waals surface area contributed by atoms with Crippen LogP contribution in [0.3, 0.4) is 0 Å². The second-order valence-electron chi connectivity index (χ2n) is 5.38. The van der Waals surface area contributed by atoms with Crippen LogP contribution in [-0.2, 0) is 6.42 Å². The quantitative estimate of drug-likeness (QED) is 0.765. The number of ether oxygens (including phenoxy) is 1. The van der Waals surface area contributed by atoms with Gasteiger partial charge in [-0.05, 0) is 32.5 Å². The maximum absolute atomic E-state index is 5.98. The zero-order valence-corrected chi connectivity index (χ0v) is 11.5. The first kappa shape index (κ1) is 12.7. The third kappa shape index (κ3) is 2.75. The minimum Gasteiger partial charge on any atom is -0.488 e. The topological polar surface area (TPSA) is 12.5 Å². The number of fused-ring (bicyclic) bond motifs is 1. The summed E-state index contributed by atoms with van der Waals surface area (Å²) in [5, 5.41) is 0. The molecule has 0 N–H and O–H groups in total. The van der Waals surface area contributed by atoms with Crippen LogP contribution in [0.2, 0.25) is 0 Å². The van der Waals surface area contributed by atoms with Gasteiger partial charge in [-0.1, -0.05) is 18.2 Å². The Morgan fingerprint density at radius 1 is 1.41 bits per heavy atom. The van der Waals surface area contributed by atoms with Crippen LogP contribution >= 0.6 is 11.6 Å². The molecule has 0 fully saturated rings. The lowest BCUT2D eigenvalue weighted by molar-refractivity contribution is 0.107. The zero-order valence-electron chi connectivity index (χ0n) is 10.7. The van der Waals surface area contributed by atoms with Gasteiger partial charge < -0.3 is 4.74 Å². The zero-order chi connectivity index (χ0) is 12.5. The minimum atomic E-state index is 0.0136. The van der Waals surface area contributed by atoms with Crippen molar-refractivity contribution in [3.63, 3.8) is 0 Å². The number of rotatable bonds is 4. The number of halogens is 1. The van der Waals surface area contributed by atoms with Crippen molar-refractivity contribution in [1.29, 1.82) is 0 Å². The standard InChI is InChI=1S/C14H20ClNO/c1-14(2,10-15)16(3)9-12-8-11-6-4-5-7-13(11)17-12/h4-7,12H,8-10H2,1-3H3. The van der Waals surface area contributed by atoms with Gasteiger partial charge in [0.25, 0.3) is 0 Å². The third-order valence-electron chi connectivity index (χ3n) is 3.55. The van der Waals surface area contributed by atoms with E-state index in [1.165, 1.54) is 5.56 Å². The normalized spacial score (nSPS) is 19.2. The monoisotopic (exact) mass is 253 g/mol.